The third-order valence-electron chi connectivity index (χ3n) is 8.09. The van der Waals surface area contributed by atoms with E-state index in [4.69, 9.17) is 14.2 Å². The highest BCUT2D eigenvalue weighted by Gasteiger charge is 2.30. The summed E-state index contributed by atoms with van der Waals surface area (Å²) in [6, 6.07) is 10.6. The standard InChI is InChI=1S/C30H35N3O3/c1-19-27(20(2)36-32-19)23-15-26-28(31-16-23)25(17-33(26)18-30(6)11-13-35-14-12-30)22-7-9-24(10-8-22)29(4,5)21(3)34/h7-10,15-17H,11-14,18H2,1-6H3. The molecule has 1 aliphatic heterocycles. The molecular weight excluding hydrogens is 450 g/mol. The molecule has 0 spiro atoms. The van der Waals surface area contributed by atoms with Gasteiger partial charge in [-0.2, -0.15) is 0 Å². The van der Waals surface area contributed by atoms with Crippen LogP contribution in [0.3, 0.4) is 0 Å². The summed E-state index contributed by atoms with van der Waals surface area (Å²) in [5.74, 6) is 0.956. The molecule has 188 valence electrons. The number of Topliss-reactive ketones (excluding diaryl/α,β-unsaturated/α-hetero) is 1. The Morgan fingerprint density at radius 3 is 2.42 bits per heavy atom. The number of nitrogens with zero attached hydrogens (tertiary/aromatic N) is 3. The molecule has 1 aliphatic rings. The first-order valence-electron chi connectivity index (χ1n) is 12.7. The minimum Gasteiger partial charge on any atom is -0.381 e. The first-order chi connectivity index (χ1) is 17.1. The predicted octanol–water partition coefficient (Wildman–Crippen LogP) is 6.66. The Hall–Kier alpha value is -3.25. The maximum absolute atomic E-state index is 12.2. The summed E-state index contributed by atoms with van der Waals surface area (Å²) in [6.45, 7) is 14.4. The molecule has 0 amide bonds. The molecule has 0 saturated carbocycles. The van der Waals surface area contributed by atoms with Crippen molar-refractivity contribution >= 4 is 16.8 Å². The fraction of sp³-hybridized carbons (Fsp3) is 0.433. The largest absolute Gasteiger partial charge is 0.381 e. The van der Waals surface area contributed by atoms with Gasteiger partial charge in [-0.05, 0) is 70.1 Å². The van der Waals surface area contributed by atoms with Crippen LogP contribution in [0.2, 0.25) is 0 Å². The van der Waals surface area contributed by atoms with Gasteiger partial charge in [0.15, 0.2) is 0 Å². The second-order valence-electron chi connectivity index (χ2n) is 11.1. The molecule has 1 aromatic carbocycles. The van der Waals surface area contributed by atoms with Gasteiger partial charge in [-0.3, -0.25) is 9.78 Å². The lowest BCUT2D eigenvalue weighted by atomic mass is 9.81. The molecule has 4 heterocycles. The number of pyridine rings is 1. The molecule has 5 rings (SSSR count). The van der Waals surface area contributed by atoms with Gasteiger partial charge in [-0.15, -0.1) is 0 Å². The topological polar surface area (TPSA) is 70.2 Å². The molecule has 1 saturated heterocycles. The van der Waals surface area contributed by atoms with Crippen LogP contribution in [0, 0.1) is 19.3 Å². The number of hydrogen-bond donors (Lipinski definition) is 0. The SMILES string of the molecule is CC(=O)C(C)(C)c1ccc(-c2cn(CC3(C)CCOCC3)c3cc(-c4c(C)noc4C)cnc23)cc1. The van der Waals surface area contributed by atoms with E-state index >= 15 is 0 Å². The van der Waals surface area contributed by atoms with Crippen molar-refractivity contribution in [3.05, 3.63) is 59.7 Å². The average Bonchev–Trinajstić information content (AvgIpc) is 3.37. The van der Waals surface area contributed by atoms with Gasteiger partial charge in [0.2, 0.25) is 0 Å². The number of carbonyl (C=O) groups is 1. The summed E-state index contributed by atoms with van der Waals surface area (Å²) in [7, 11) is 0. The Morgan fingerprint density at radius 2 is 1.81 bits per heavy atom. The Kier molecular flexibility index (Phi) is 6.11. The van der Waals surface area contributed by atoms with Crippen LogP contribution in [0.1, 0.15) is 57.6 Å². The van der Waals surface area contributed by atoms with Gasteiger partial charge in [-0.25, -0.2) is 0 Å². The fourth-order valence-electron chi connectivity index (χ4n) is 5.24. The van der Waals surface area contributed by atoms with Gasteiger partial charge in [0, 0.05) is 54.3 Å². The van der Waals surface area contributed by atoms with E-state index < -0.39 is 5.41 Å². The first kappa shape index (κ1) is 24.4. The number of rotatable bonds is 6. The van der Waals surface area contributed by atoms with Crippen molar-refractivity contribution in [1.29, 1.82) is 0 Å². The lowest BCUT2D eigenvalue weighted by molar-refractivity contribution is -0.121. The summed E-state index contributed by atoms with van der Waals surface area (Å²) < 4.78 is 13.4. The van der Waals surface area contributed by atoms with E-state index in [0.717, 1.165) is 82.9 Å². The maximum atomic E-state index is 12.2. The van der Waals surface area contributed by atoms with Crippen LogP contribution < -0.4 is 0 Å². The quantitative estimate of drug-likeness (QED) is 0.305. The summed E-state index contributed by atoms with van der Waals surface area (Å²) in [5.41, 5.74) is 7.82. The van der Waals surface area contributed by atoms with E-state index in [1.165, 1.54) is 0 Å². The van der Waals surface area contributed by atoms with Crippen molar-refractivity contribution in [1.82, 2.24) is 14.7 Å². The number of fused-ring (bicyclic) bond motifs is 1. The van der Waals surface area contributed by atoms with Crippen molar-refractivity contribution in [2.24, 2.45) is 5.41 Å². The number of hydrogen-bond acceptors (Lipinski definition) is 5. The predicted molar refractivity (Wildman–Crippen MR) is 142 cm³/mol. The molecule has 0 radical (unpaired) electrons. The van der Waals surface area contributed by atoms with E-state index in [2.05, 4.69) is 53.2 Å². The second kappa shape index (κ2) is 9.00. The van der Waals surface area contributed by atoms with Crippen molar-refractivity contribution in [2.75, 3.05) is 13.2 Å². The molecule has 0 N–H and O–H groups in total. The van der Waals surface area contributed by atoms with Gasteiger partial charge in [-0.1, -0.05) is 36.3 Å². The highest BCUT2D eigenvalue weighted by molar-refractivity contribution is 5.95. The van der Waals surface area contributed by atoms with Crippen LogP contribution in [-0.4, -0.2) is 33.7 Å². The lowest BCUT2D eigenvalue weighted by Crippen LogP contribution is -2.30. The number of benzene rings is 1. The van der Waals surface area contributed by atoms with Crippen molar-refractivity contribution in [3.63, 3.8) is 0 Å². The van der Waals surface area contributed by atoms with Crippen molar-refractivity contribution < 1.29 is 14.1 Å². The van der Waals surface area contributed by atoms with Crippen LogP contribution in [0.5, 0.6) is 0 Å². The van der Waals surface area contributed by atoms with E-state index in [1.807, 2.05) is 33.9 Å². The zero-order valence-corrected chi connectivity index (χ0v) is 22.1. The molecule has 0 aliphatic carbocycles. The zero-order valence-electron chi connectivity index (χ0n) is 22.1. The van der Waals surface area contributed by atoms with Gasteiger partial charge < -0.3 is 13.8 Å². The molecule has 6 nitrogen and oxygen atoms in total. The number of aromatic nitrogens is 3. The zero-order chi connectivity index (χ0) is 25.7. The van der Waals surface area contributed by atoms with Gasteiger partial charge in [0.25, 0.3) is 0 Å². The van der Waals surface area contributed by atoms with Gasteiger partial charge in [0.05, 0.1) is 16.7 Å². The Balaban J connectivity index is 1.63. The molecule has 0 atom stereocenters. The third-order valence-corrected chi connectivity index (χ3v) is 8.09. The highest BCUT2D eigenvalue weighted by Crippen LogP contribution is 2.38. The summed E-state index contributed by atoms with van der Waals surface area (Å²) in [4.78, 5) is 17.1. The Labute approximate surface area is 212 Å². The number of ether oxygens (including phenoxy) is 1. The normalized spacial score (nSPS) is 15.9. The monoisotopic (exact) mass is 485 g/mol. The number of ketones is 1. The first-order valence-corrected chi connectivity index (χ1v) is 12.7. The smallest absolute Gasteiger partial charge is 0.141 e. The van der Waals surface area contributed by atoms with Crippen molar-refractivity contribution in [2.45, 2.75) is 66.3 Å². The molecule has 0 bridgehead atoms. The van der Waals surface area contributed by atoms with Crippen molar-refractivity contribution in [3.8, 4) is 22.3 Å². The molecule has 6 heteroatoms. The summed E-state index contributed by atoms with van der Waals surface area (Å²) in [5, 5.41) is 4.15. The molecule has 36 heavy (non-hydrogen) atoms. The Bertz CT molecular complexity index is 1400. The number of carbonyl (C=O) groups excluding carboxylic acids is 1. The fourth-order valence-corrected chi connectivity index (χ4v) is 5.24. The van der Waals surface area contributed by atoms with Gasteiger partial charge >= 0.3 is 0 Å². The lowest BCUT2D eigenvalue weighted by Gasteiger charge is -2.34. The molecule has 3 aromatic heterocycles. The van der Waals surface area contributed by atoms with Gasteiger partial charge in [0.1, 0.15) is 11.5 Å². The third kappa shape index (κ3) is 4.28. The van der Waals surface area contributed by atoms with E-state index in [9.17, 15) is 4.79 Å². The minimum atomic E-state index is -0.508. The molecule has 0 unspecified atom stereocenters. The minimum absolute atomic E-state index is 0.157. The molecular formula is C30H35N3O3. The van der Waals surface area contributed by atoms with Crippen LogP contribution in [0.25, 0.3) is 33.3 Å². The average molecular weight is 486 g/mol. The van der Waals surface area contributed by atoms with Crippen LogP contribution in [0.4, 0.5) is 0 Å². The summed E-state index contributed by atoms with van der Waals surface area (Å²) >= 11 is 0. The maximum Gasteiger partial charge on any atom is 0.141 e. The van der Waals surface area contributed by atoms with Crippen LogP contribution >= 0.6 is 0 Å². The number of aryl methyl sites for hydroxylation is 2. The second-order valence-corrected chi connectivity index (χ2v) is 11.1. The molecule has 4 aromatic rings. The van der Waals surface area contributed by atoms with E-state index in [1.54, 1.807) is 6.92 Å². The Morgan fingerprint density at radius 1 is 1.11 bits per heavy atom. The van der Waals surface area contributed by atoms with E-state index in [0.29, 0.717) is 0 Å². The van der Waals surface area contributed by atoms with E-state index in [-0.39, 0.29) is 11.2 Å². The highest BCUT2D eigenvalue weighted by atomic mass is 16.5. The molecule has 1 fully saturated rings. The van der Waals surface area contributed by atoms with Crippen LogP contribution in [-0.2, 0) is 21.5 Å². The van der Waals surface area contributed by atoms with Crippen LogP contribution in [0.15, 0.2) is 47.2 Å². The summed E-state index contributed by atoms with van der Waals surface area (Å²) in [6.07, 6.45) is 6.23.